The molecule has 0 bridgehead atoms. The van der Waals surface area contributed by atoms with E-state index in [1.165, 1.54) is 5.56 Å². The minimum absolute atomic E-state index is 0.167. The van der Waals surface area contributed by atoms with Crippen molar-refractivity contribution in [1.29, 1.82) is 0 Å². The Labute approximate surface area is 138 Å². The molecule has 106 valence electrons. The summed E-state index contributed by atoms with van der Waals surface area (Å²) in [6, 6.07) is 12.0. The van der Waals surface area contributed by atoms with E-state index in [0.717, 1.165) is 22.1 Å². The second kappa shape index (κ2) is 6.84. The van der Waals surface area contributed by atoms with Crippen molar-refractivity contribution in [1.82, 2.24) is 0 Å². The summed E-state index contributed by atoms with van der Waals surface area (Å²) in [6.45, 7) is 4.21. The van der Waals surface area contributed by atoms with E-state index in [9.17, 15) is 0 Å². The van der Waals surface area contributed by atoms with Crippen LogP contribution in [-0.2, 0) is 0 Å². The Morgan fingerprint density at radius 3 is 2.50 bits per heavy atom. The fraction of sp³-hybridized carbons (Fsp3) is 0.250. The predicted octanol–water partition coefficient (Wildman–Crippen LogP) is 6.63. The van der Waals surface area contributed by atoms with Gasteiger partial charge in [0.15, 0.2) is 0 Å². The number of hydrogen-bond donors (Lipinski definition) is 1. The third kappa shape index (κ3) is 3.69. The maximum absolute atomic E-state index is 6.29. The van der Waals surface area contributed by atoms with Gasteiger partial charge in [-0.15, -0.1) is 0 Å². The third-order valence-corrected chi connectivity index (χ3v) is 4.70. The lowest BCUT2D eigenvalue weighted by molar-refractivity contribution is 0.749. The van der Waals surface area contributed by atoms with Gasteiger partial charge in [-0.05, 0) is 54.8 Å². The van der Waals surface area contributed by atoms with Crippen molar-refractivity contribution in [2.45, 2.75) is 26.3 Å². The summed E-state index contributed by atoms with van der Waals surface area (Å²) in [6.07, 6.45) is 0.941. The van der Waals surface area contributed by atoms with Gasteiger partial charge in [-0.3, -0.25) is 0 Å². The van der Waals surface area contributed by atoms with E-state index >= 15 is 0 Å². The molecule has 2 rings (SSSR count). The van der Waals surface area contributed by atoms with E-state index in [-0.39, 0.29) is 6.04 Å². The molecule has 1 N–H and O–H groups in total. The van der Waals surface area contributed by atoms with Gasteiger partial charge in [-0.1, -0.05) is 52.1 Å². The number of rotatable bonds is 4. The van der Waals surface area contributed by atoms with E-state index in [0.29, 0.717) is 10.0 Å². The van der Waals surface area contributed by atoms with Crippen LogP contribution < -0.4 is 5.32 Å². The van der Waals surface area contributed by atoms with Gasteiger partial charge in [0.1, 0.15) is 0 Å². The van der Waals surface area contributed by atoms with E-state index in [2.05, 4.69) is 47.2 Å². The fourth-order valence-electron chi connectivity index (χ4n) is 2.12. The highest BCUT2D eigenvalue weighted by molar-refractivity contribution is 9.10. The Bertz CT molecular complexity index is 613. The summed E-state index contributed by atoms with van der Waals surface area (Å²) >= 11 is 15.8. The summed E-state index contributed by atoms with van der Waals surface area (Å²) in [5.41, 5.74) is 3.36. The second-order valence-corrected chi connectivity index (χ2v) is 6.43. The van der Waals surface area contributed by atoms with Crippen molar-refractivity contribution in [2.24, 2.45) is 0 Å². The maximum atomic E-state index is 6.29. The van der Waals surface area contributed by atoms with Gasteiger partial charge in [0.05, 0.1) is 6.04 Å². The molecule has 0 amide bonds. The highest BCUT2D eigenvalue weighted by Crippen LogP contribution is 2.31. The predicted molar refractivity (Wildman–Crippen MR) is 92.0 cm³/mol. The molecule has 0 fully saturated rings. The van der Waals surface area contributed by atoms with Crippen LogP contribution in [0.5, 0.6) is 0 Å². The zero-order chi connectivity index (χ0) is 14.7. The van der Waals surface area contributed by atoms with Crippen LogP contribution in [0.15, 0.2) is 40.9 Å². The SMILES string of the molecule is CCC(Nc1ccc(Br)c(C)c1)c1ccc(Cl)cc1Cl. The number of nitrogens with one attached hydrogen (secondary N) is 1. The Morgan fingerprint density at radius 2 is 1.90 bits per heavy atom. The first-order valence-corrected chi connectivity index (χ1v) is 8.03. The highest BCUT2D eigenvalue weighted by atomic mass is 79.9. The fourth-order valence-corrected chi connectivity index (χ4v) is 2.91. The molecule has 4 heteroatoms. The molecule has 0 radical (unpaired) electrons. The molecule has 1 nitrogen and oxygen atoms in total. The zero-order valence-electron chi connectivity index (χ0n) is 11.4. The largest absolute Gasteiger partial charge is 0.378 e. The van der Waals surface area contributed by atoms with Crippen molar-refractivity contribution < 1.29 is 0 Å². The minimum Gasteiger partial charge on any atom is -0.378 e. The third-order valence-electron chi connectivity index (χ3n) is 3.25. The molecule has 0 spiro atoms. The molecule has 0 heterocycles. The average Bonchev–Trinajstić information content (AvgIpc) is 2.41. The molecule has 0 aromatic heterocycles. The lowest BCUT2D eigenvalue weighted by Crippen LogP contribution is -2.10. The molecular formula is C16H16BrCl2N. The monoisotopic (exact) mass is 371 g/mol. The zero-order valence-corrected chi connectivity index (χ0v) is 14.5. The average molecular weight is 373 g/mol. The van der Waals surface area contributed by atoms with Crippen LogP contribution in [0.1, 0.15) is 30.5 Å². The standard InChI is InChI=1S/C16H16BrCl2N/c1-3-16(13-6-4-11(18)9-15(13)19)20-12-5-7-14(17)10(2)8-12/h4-9,16,20H,3H2,1-2H3. The molecule has 0 saturated heterocycles. The molecular weight excluding hydrogens is 357 g/mol. The lowest BCUT2D eigenvalue weighted by atomic mass is 10.0. The molecule has 0 saturated carbocycles. The van der Waals surface area contributed by atoms with Crippen LogP contribution in [0.4, 0.5) is 5.69 Å². The van der Waals surface area contributed by atoms with Gasteiger partial charge in [-0.2, -0.15) is 0 Å². The maximum Gasteiger partial charge on any atom is 0.0525 e. The van der Waals surface area contributed by atoms with E-state index < -0.39 is 0 Å². The van der Waals surface area contributed by atoms with Crippen LogP contribution in [0.3, 0.4) is 0 Å². The van der Waals surface area contributed by atoms with Gasteiger partial charge >= 0.3 is 0 Å². The summed E-state index contributed by atoms with van der Waals surface area (Å²) in [5.74, 6) is 0. The Hall–Kier alpha value is -0.700. The van der Waals surface area contributed by atoms with Crippen LogP contribution in [0.2, 0.25) is 10.0 Å². The molecule has 1 unspecified atom stereocenters. The number of anilines is 1. The summed E-state index contributed by atoms with van der Waals surface area (Å²) in [4.78, 5) is 0. The summed E-state index contributed by atoms with van der Waals surface area (Å²) in [7, 11) is 0. The molecule has 0 aliphatic carbocycles. The molecule has 0 aliphatic rings. The lowest BCUT2D eigenvalue weighted by Gasteiger charge is -2.20. The molecule has 2 aromatic rings. The quantitative estimate of drug-likeness (QED) is 0.635. The highest BCUT2D eigenvalue weighted by Gasteiger charge is 2.13. The first-order chi connectivity index (χ1) is 9.51. The Balaban J connectivity index is 2.26. The van der Waals surface area contributed by atoms with E-state index in [1.807, 2.05) is 18.2 Å². The van der Waals surface area contributed by atoms with Gasteiger partial charge in [0.2, 0.25) is 0 Å². The molecule has 1 atom stereocenters. The number of halogens is 3. The van der Waals surface area contributed by atoms with Crippen molar-refractivity contribution in [3.8, 4) is 0 Å². The van der Waals surface area contributed by atoms with Gasteiger partial charge in [0.25, 0.3) is 0 Å². The van der Waals surface area contributed by atoms with Gasteiger partial charge in [-0.25, -0.2) is 0 Å². The first kappa shape index (κ1) is 15.7. The van der Waals surface area contributed by atoms with Gasteiger partial charge in [0, 0.05) is 20.2 Å². The Morgan fingerprint density at radius 1 is 1.15 bits per heavy atom. The van der Waals surface area contributed by atoms with Crippen molar-refractivity contribution in [3.63, 3.8) is 0 Å². The molecule has 2 aromatic carbocycles. The second-order valence-electron chi connectivity index (χ2n) is 4.73. The van der Waals surface area contributed by atoms with E-state index in [4.69, 9.17) is 23.2 Å². The van der Waals surface area contributed by atoms with Crippen LogP contribution >= 0.6 is 39.1 Å². The van der Waals surface area contributed by atoms with Crippen LogP contribution in [-0.4, -0.2) is 0 Å². The minimum atomic E-state index is 0.167. The van der Waals surface area contributed by atoms with Gasteiger partial charge < -0.3 is 5.32 Å². The first-order valence-electron chi connectivity index (χ1n) is 6.49. The number of aryl methyl sites for hydroxylation is 1. The molecule has 0 aliphatic heterocycles. The smallest absolute Gasteiger partial charge is 0.0525 e. The normalized spacial score (nSPS) is 12.2. The molecule has 20 heavy (non-hydrogen) atoms. The van der Waals surface area contributed by atoms with Crippen molar-refractivity contribution in [2.75, 3.05) is 5.32 Å². The number of benzene rings is 2. The summed E-state index contributed by atoms with van der Waals surface area (Å²) < 4.78 is 1.11. The Kier molecular flexibility index (Phi) is 5.36. The van der Waals surface area contributed by atoms with Crippen LogP contribution in [0, 0.1) is 6.92 Å². The van der Waals surface area contributed by atoms with Crippen molar-refractivity contribution >= 4 is 44.8 Å². The van der Waals surface area contributed by atoms with E-state index in [1.54, 1.807) is 6.07 Å². The number of hydrogen-bond acceptors (Lipinski definition) is 1. The van der Waals surface area contributed by atoms with Crippen molar-refractivity contribution in [3.05, 3.63) is 62.0 Å². The van der Waals surface area contributed by atoms with Crippen LogP contribution in [0.25, 0.3) is 0 Å². The topological polar surface area (TPSA) is 12.0 Å². The summed E-state index contributed by atoms with van der Waals surface area (Å²) in [5, 5.41) is 4.88.